The van der Waals surface area contributed by atoms with Crippen molar-refractivity contribution in [2.75, 3.05) is 0 Å². The summed E-state index contributed by atoms with van der Waals surface area (Å²) in [5.74, 6) is 1.37. The minimum atomic E-state index is -3.40. The Morgan fingerprint density at radius 1 is 0.500 bits per heavy atom. The lowest BCUT2D eigenvalue weighted by molar-refractivity contribution is 0.308. The Bertz CT molecular complexity index is 988. The molecule has 0 spiro atoms. The lowest BCUT2D eigenvalue weighted by Crippen LogP contribution is -2.30. The zero-order chi connectivity index (χ0) is 28.1. The van der Waals surface area contributed by atoms with Crippen LogP contribution < -0.4 is 9.05 Å². The average molecular weight is 516 g/mol. The normalized spacial score (nSPS) is 14.1. The molecule has 0 fully saturated rings. The van der Waals surface area contributed by atoms with E-state index in [1.165, 1.54) is 11.1 Å². The summed E-state index contributed by atoms with van der Waals surface area (Å²) >= 11 is 0. The van der Waals surface area contributed by atoms with Gasteiger partial charge in [-0.05, 0) is 65.7 Å². The van der Waals surface area contributed by atoms with E-state index in [1.807, 2.05) is 32.9 Å². The fourth-order valence-electron chi connectivity index (χ4n) is 3.88. The number of rotatable bonds is 4. The minimum Gasteiger partial charge on any atom is -0.277 e. The van der Waals surface area contributed by atoms with Gasteiger partial charge in [-0.15, -0.1) is 0 Å². The highest BCUT2D eigenvalue weighted by atomic mass is 31.2. The number of benzene rings is 2. The fourth-order valence-corrected chi connectivity index (χ4v) is 5.32. The molecule has 2 rings (SSSR count). The Morgan fingerprint density at radius 3 is 1.03 bits per heavy atom. The first kappa shape index (κ1) is 30.7. The Labute approximate surface area is 222 Å². The highest BCUT2D eigenvalue weighted by Crippen LogP contribution is 2.67. The van der Waals surface area contributed by atoms with Crippen LogP contribution in [-0.4, -0.2) is 10.0 Å². The molecular weight excluding hydrogens is 463 g/mol. The minimum absolute atomic E-state index is 0.0148. The van der Waals surface area contributed by atoms with Gasteiger partial charge in [0.25, 0.3) is 0 Å². The maximum atomic E-state index is 12.2. The molecule has 36 heavy (non-hydrogen) atoms. The molecule has 0 saturated heterocycles. The molecule has 2 aromatic rings. The van der Waals surface area contributed by atoms with Gasteiger partial charge in [-0.1, -0.05) is 107 Å². The summed E-state index contributed by atoms with van der Waals surface area (Å²) in [4.78, 5) is 12.2. The molecule has 202 valence electrons. The second-order valence-electron chi connectivity index (χ2n) is 15.3. The van der Waals surface area contributed by atoms with Crippen LogP contribution in [0, 0.1) is 0 Å². The van der Waals surface area contributed by atoms with Crippen molar-refractivity contribution in [2.24, 2.45) is 0 Å². The predicted molar refractivity (Wildman–Crippen MR) is 158 cm³/mol. The maximum absolute atomic E-state index is 12.2. The van der Waals surface area contributed by atoms with Gasteiger partial charge in [0, 0.05) is 11.1 Å². The molecule has 3 nitrogen and oxygen atoms in total. The molecule has 1 N–H and O–H groups in total. The molecule has 0 heterocycles. The molecule has 0 radical (unpaired) electrons. The third kappa shape index (κ3) is 7.05. The van der Waals surface area contributed by atoms with Gasteiger partial charge in [-0.25, -0.2) is 0 Å². The van der Waals surface area contributed by atoms with Crippen LogP contribution in [-0.2, 0) is 21.7 Å². The Balaban J connectivity index is 2.67. The fraction of sp³-hybridized carbons (Fsp3) is 0.625. The van der Waals surface area contributed by atoms with Crippen LogP contribution in [0.25, 0.3) is 0 Å². The van der Waals surface area contributed by atoms with E-state index in [0.29, 0.717) is 11.5 Å². The first-order valence-corrected chi connectivity index (χ1v) is 14.8. The van der Waals surface area contributed by atoms with Crippen molar-refractivity contribution >= 4 is 7.94 Å². The quantitative estimate of drug-likeness (QED) is 0.412. The average Bonchev–Trinajstić information content (AvgIpc) is 2.64. The highest BCUT2D eigenvalue weighted by Gasteiger charge is 2.58. The summed E-state index contributed by atoms with van der Waals surface area (Å²) in [6.45, 7) is 32.3. The van der Waals surface area contributed by atoms with E-state index in [4.69, 9.17) is 9.05 Å². The molecule has 0 saturated carbocycles. The van der Waals surface area contributed by atoms with Gasteiger partial charge in [-0.3, -0.25) is 9.05 Å². The van der Waals surface area contributed by atoms with Crippen molar-refractivity contribution in [3.63, 3.8) is 0 Å². The zero-order valence-electron chi connectivity index (χ0n) is 25.7. The summed E-state index contributed by atoms with van der Waals surface area (Å²) in [6, 6.07) is 12.7. The molecule has 0 atom stereocenters. The van der Waals surface area contributed by atoms with E-state index in [1.54, 1.807) is 0 Å². The van der Waals surface area contributed by atoms with Crippen molar-refractivity contribution in [1.82, 2.24) is 0 Å². The molecule has 0 unspecified atom stereocenters. The third-order valence-electron chi connectivity index (χ3n) is 6.60. The van der Waals surface area contributed by atoms with Gasteiger partial charge in [0.2, 0.25) is 0 Å². The summed E-state index contributed by atoms with van der Waals surface area (Å²) in [5.41, 5.74) is 4.33. The molecule has 0 aliphatic heterocycles. The van der Waals surface area contributed by atoms with E-state index in [0.717, 1.165) is 11.1 Å². The van der Waals surface area contributed by atoms with E-state index in [9.17, 15) is 4.89 Å². The molecular formula is C32H52O3P+. The molecule has 4 heteroatoms. The van der Waals surface area contributed by atoms with Crippen LogP contribution in [0.5, 0.6) is 11.5 Å². The molecule has 2 aromatic carbocycles. The van der Waals surface area contributed by atoms with Crippen LogP contribution >= 0.6 is 7.94 Å². The first-order chi connectivity index (χ1) is 15.9. The van der Waals surface area contributed by atoms with Crippen LogP contribution in [0.2, 0.25) is 0 Å². The van der Waals surface area contributed by atoms with E-state index < -0.39 is 13.1 Å². The standard InChI is InChI=1S/C32H52O3P/c1-28(2,3)22-16-18-26(24(20-22)30(7,8)9)34-36(33,32(13,14)15)35-27-19-17-23(29(4,5)6)21-25(27)31(10,11)12/h16-21,33H,1-15H3/q+1. The van der Waals surface area contributed by atoms with E-state index >= 15 is 0 Å². The van der Waals surface area contributed by atoms with Gasteiger partial charge in [0.15, 0.2) is 16.7 Å². The van der Waals surface area contributed by atoms with Crippen LogP contribution in [0.15, 0.2) is 36.4 Å². The summed E-state index contributed by atoms with van der Waals surface area (Å²) in [7, 11) is -3.40. The lowest BCUT2D eigenvalue weighted by atomic mass is 9.80. The number of hydrogen-bond donors (Lipinski definition) is 1. The Hall–Kier alpha value is -1.57. The topological polar surface area (TPSA) is 38.7 Å². The SMILES string of the molecule is CC(C)(C)c1ccc(O[P+](O)(Oc2ccc(C(C)(C)C)cc2C(C)(C)C)C(C)(C)C)c(C(C)(C)C)c1. The van der Waals surface area contributed by atoms with E-state index in [-0.39, 0.29) is 21.7 Å². The summed E-state index contributed by atoms with van der Waals surface area (Å²) < 4.78 is 13.2. The zero-order valence-corrected chi connectivity index (χ0v) is 26.6. The smallest absolute Gasteiger partial charge is 0.277 e. The third-order valence-corrected chi connectivity index (χ3v) is 9.18. The van der Waals surface area contributed by atoms with Crippen LogP contribution in [0.1, 0.15) is 126 Å². The second-order valence-corrected chi connectivity index (χ2v) is 18.0. The molecule has 0 amide bonds. The Kier molecular flexibility index (Phi) is 8.20. The highest BCUT2D eigenvalue weighted by molar-refractivity contribution is 7.63. The van der Waals surface area contributed by atoms with Crippen molar-refractivity contribution in [3.05, 3.63) is 58.7 Å². The van der Waals surface area contributed by atoms with Crippen molar-refractivity contribution in [3.8, 4) is 11.5 Å². The monoisotopic (exact) mass is 515 g/mol. The largest absolute Gasteiger partial charge is 0.500 e. The molecule has 0 aliphatic rings. The molecule has 0 bridgehead atoms. The van der Waals surface area contributed by atoms with Gasteiger partial charge < -0.3 is 0 Å². The van der Waals surface area contributed by atoms with Crippen LogP contribution in [0.4, 0.5) is 0 Å². The number of hydrogen-bond acceptors (Lipinski definition) is 3. The summed E-state index contributed by atoms with van der Waals surface area (Å²) in [5, 5.41) is -0.622. The Morgan fingerprint density at radius 2 is 0.806 bits per heavy atom. The molecule has 0 aromatic heterocycles. The maximum Gasteiger partial charge on any atom is 0.500 e. The van der Waals surface area contributed by atoms with Crippen molar-refractivity contribution < 1.29 is 13.9 Å². The summed E-state index contributed by atoms with van der Waals surface area (Å²) in [6.07, 6.45) is 0. The van der Waals surface area contributed by atoms with Gasteiger partial charge >= 0.3 is 7.94 Å². The van der Waals surface area contributed by atoms with E-state index in [2.05, 4.69) is 107 Å². The van der Waals surface area contributed by atoms with Gasteiger partial charge in [-0.2, -0.15) is 4.89 Å². The van der Waals surface area contributed by atoms with Crippen molar-refractivity contribution in [2.45, 2.75) is 131 Å². The lowest BCUT2D eigenvalue weighted by Gasteiger charge is -2.33. The molecule has 0 aliphatic carbocycles. The van der Waals surface area contributed by atoms with Crippen LogP contribution in [0.3, 0.4) is 0 Å². The predicted octanol–water partition coefficient (Wildman–Crippen LogP) is 9.89. The van der Waals surface area contributed by atoms with Gasteiger partial charge in [0.05, 0.1) is 0 Å². The second kappa shape index (κ2) is 9.63. The van der Waals surface area contributed by atoms with Crippen molar-refractivity contribution in [1.29, 1.82) is 0 Å². The first-order valence-electron chi connectivity index (χ1n) is 13.2. The van der Waals surface area contributed by atoms with Gasteiger partial charge in [0.1, 0.15) is 0 Å².